The van der Waals surface area contributed by atoms with Crippen LogP contribution in [0, 0.1) is 100 Å². The molecular weight excluding hydrogens is 1380 g/mol. The zero-order valence-corrected chi connectivity index (χ0v) is 57.4. The highest BCUT2D eigenvalue weighted by Gasteiger charge is 2.50. The molecule has 11 aromatic heterocycles. The average Bonchev–Trinajstić information content (AvgIpc) is 1.33. The third-order valence-corrected chi connectivity index (χ3v) is 23.4. The number of carbonyl (C=O) groups is 3. The molecule has 11 aromatic rings. The molecular formula is C73H72F7N17O6S. The van der Waals surface area contributed by atoms with Crippen molar-refractivity contribution < 1.29 is 60.4 Å². The largest absolute Gasteiger partial charge is 0.481 e. The molecule has 0 aliphatic heterocycles. The van der Waals surface area contributed by atoms with Crippen LogP contribution in [0.15, 0.2) is 84.9 Å². The fourth-order valence-electron chi connectivity index (χ4n) is 17.8. The SMILES string of the molecule is CC(C)Sc1nc(-c2c[nH]c3ncc(F)cc23)nc(CC2C3CCC(CC3)C2C(=O)O)c1F.Cn1cc(-c2nc(-c3[nH]nc4ncc(F)cc34)nc(CC3C4CCC(CC4)C3C(=O)O)c2F)cn1.O=C(O)C1C2CCC(CC2)C1Cc1cc(-c2ccn(C(F)F)n2)nc(-c2c[nH]c3ncc(F)cc23)n1. The van der Waals surface area contributed by atoms with Crippen molar-refractivity contribution in [1.82, 2.24) is 84.6 Å². The molecule has 0 spiro atoms. The second-order valence-electron chi connectivity index (χ2n) is 28.7. The van der Waals surface area contributed by atoms with E-state index in [4.69, 9.17) is 4.98 Å². The third kappa shape index (κ3) is 13.7. The molecule has 20 rings (SSSR count). The molecule has 0 saturated heterocycles. The predicted molar refractivity (Wildman–Crippen MR) is 366 cm³/mol. The van der Waals surface area contributed by atoms with Gasteiger partial charge in [0.2, 0.25) is 0 Å². The minimum absolute atomic E-state index is 0.0538. The number of carboxylic acids is 3. The molecule has 9 aliphatic carbocycles. The van der Waals surface area contributed by atoms with E-state index in [1.54, 1.807) is 36.4 Å². The van der Waals surface area contributed by atoms with E-state index in [1.165, 1.54) is 48.4 Å². The lowest BCUT2D eigenvalue weighted by Gasteiger charge is -2.46. The Labute approximate surface area is 593 Å². The van der Waals surface area contributed by atoms with Gasteiger partial charge >= 0.3 is 24.5 Å². The first-order valence-corrected chi connectivity index (χ1v) is 35.9. The number of fused-ring (bicyclic) bond motifs is 12. The molecule has 0 radical (unpaired) electrons. The Hall–Kier alpha value is -10.1. The number of alkyl halides is 2. The number of carboxylic acid groups (broad SMARTS) is 3. The van der Waals surface area contributed by atoms with Crippen LogP contribution in [0.1, 0.15) is 115 Å². The van der Waals surface area contributed by atoms with E-state index in [-0.39, 0.29) is 111 Å². The highest BCUT2D eigenvalue weighted by atomic mass is 32.2. The minimum Gasteiger partial charge on any atom is -0.481 e. The molecule has 104 heavy (non-hydrogen) atoms. The molecule has 6 unspecified atom stereocenters. The molecule has 9 saturated carbocycles. The van der Waals surface area contributed by atoms with Crippen molar-refractivity contribution in [2.75, 3.05) is 0 Å². The summed E-state index contributed by atoms with van der Waals surface area (Å²) >= 11 is 1.30. The molecule has 6 N–H and O–H groups in total. The van der Waals surface area contributed by atoms with Crippen LogP contribution in [0.25, 0.3) is 90.0 Å². The summed E-state index contributed by atoms with van der Waals surface area (Å²) in [6, 6.07) is 7.10. The second-order valence-corrected chi connectivity index (χ2v) is 30.3. The van der Waals surface area contributed by atoms with Crippen LogP contribution < -0.4 is 0 Å². The van der Waals surface area contributed by atoms with Gasteiger partial charge in [-0.2, -0.15) is 24.1 Å². The van der Waals surface area contributed by atoms with Crippen molar-refractivity contribution >= 4 is 62.8 Å². The van der Waals surface area contributed by atoms with Crippen LogP contribution in [0.4, 0.5) is 30.7 Å². The highest BCUT2D eigenvalue weighted by Crippen LogP contribution is 2.53. The van der Waals surface area contributed by atoms with Crippen molar-refractivity contribution in [2.24, 2.45) is 78.1 Å². The van der Waals surface area contributed by atoms with Crippen LogP contribution >= 0.6 is 11.8 Å². The zero-order chi connectivity index (χ0) is 72.5. The average molecular weight is 1450 g/mol. The van der Waals surface area contributed by atoms with Gasteiger partial charge in [0.25, 0.3) is 0 Å². The Bertz CT molecular complexity index is 5080. The number of halogens is 7. The van der Waals surface area contributed by atoms with Gasteiger partial charge in [0.1, 0.15) is 50.9 Å². The van der Waals surface area contributed by atoms with Crippen LogP contribution in [0.2, 0.25) is 0 Å². The van der Waals surface area contributed by atoms with E-state index in [0.717, 1.165) is 95.6 Å². The first-order chi connectivity index (χ1) is 50.1. The summed E-state index contributed by atoms with van der Waals surface area (Å²) in [4.78, 5) is 81.8. The highest BCUT2D eigenvalue weighted by molar-refractivity contribution is 7.99. The number of pyridine rings is 3. The number of aryl methyl sites for hydroxylation is 1. The molecule has 0 aromatic carbocycles. The quantitative estimate of drug-likeness (QED) is 0.0280. The lowest BCUT2D eigenvalue weighted by molar-refractivity contribution is -0.153. The van der Waals surface area contributed by atoms with E-state index in [1.807, 2.05) is 13.8 Å². The van der Waals surface area contributed by atoms with Crippen LogP contribution in [0.5, 0.6) is 0 Å². The van der Waals surface area contributed by atoms with Crippen molar-refractivity contribution in [1.29, 1.82) is 0 Å². The summed E-state index contributed by atoms with van der Waals surface area (Å²) in [6.07, 6.45) is 23.1. The van der Waals surface area contributed by atoms with E-state index in [0.29, 0.717) is 84.1 Å². The van der Waals surface area contributed by atoms with Gasteiger partial charge in [-0.05, 0) is 180 Å². The molecule has 31 heteroatoms. The predicted octanol–water partition coefficient (Wildman–Crippen LogP) is 14.3. The number of nitrogens with one attached hydrogen (secondary N) is 3. The fraction of sp³-hybridized carbons (Fsp3) is 0.438. The maximum atomic E-state index is 15.9. The summed E-state index contributed by atoms with van der Waals surface area (Å²) in [5, 5.41) is 46.6. The first kappa shape index (κ1) is 69.6. The summed E-state index contributed by atoms with van der Waals surface area (Å²) in [7, 11) is 1.72. The topological polar surface area (TPSA) is 324 Å². The summed E-state index contributed by atoms with van der Waals surface area (Å²) in [6.45, 7) is 1.12. The van der Waals surface area contributed by atoms with Gasteiger partial charge in [-0.1, -0.05) is 13.8 Å². The molecule has 0 amide bonds. The molecule has 9 fully saturated rings. The second kappa shape index (κ2) is 28.5. The van der Waals surface area contributed by atoms with Crippen LogP contribution in [-0.2, 0) is 40.7 Å². The Kier molecular flexibility index (Phi) is 19.1. The number of thioether (sulfide) groups is 1. The van der Waals surface area contributed by atoms with Gasteiger partial charge in [0.05, 0.1) is 65.0 Å². The summed E-state index contributed by atoms with van der Waals surface area (Å²) < 4.78 is 102. The number of aliphatic carboxylic acids is 3. The van der Waals surface area contributed by atoms with Gasteiger partial charge in [-0.15, -0.1) is 11.8 Å². The number of aromatic amines is 3. The van der Waals surface area contributed by atoms with Gasteiger partial charge in [-0.3, -0.25) is 24.2 Å². The standard InChI is InChI=1S/C25H23F3N6O2.C24H23F2N7O2.C24H26F2N4O2S/c26-14-7-17-18(11-30-22(17)29-10-14)23-31-15(9-20(32-23)19-5-6-34(33-19)25(27)28)8-16-12-1-3-13(4-2-12)21(16)24(35)36;1-33-10-13(8-28-33)20-19(26)17(7-15-11-2-4-12(5-3-11)18(15)24(34)35)29-23(30-20)21-16-6-14(25)9-27-22(16)32-31-21;1-11(2)33-23-20(26)18(8-15-12-3-5-13(6-4-12)19(15)24(31)32)29-22(30-23)17-10-28-21-16(17)7-14(25)9-27-21/h5-7,9-13,16,21,25H,1-4,8H2,(H,29,30)(H,35,36);6,8-12,15,18H,2-5,7H2,1H3,(H,34,35)(H,27,31,32);7,9-13,15,19H,3-6,8H2,1-2H3,(H,27,28)(H,31,32). The maximum absolute atomic E-state index is 15.9. The van der Waals surface area contributed by atoms with E-state index < -0.39 is 71.3 Å². The summed E-state index contributed by atoms with van der Waals surface area (Å²) in [5.74, 6) is -5.00. The normalized spacial score (nSPS) is 24.0. The molecule has 9 aliphatic rings. The Morgan fingerprint density at radius 1 is 0.567 bits per heavy atom. The number of H-pyrrole nitrogens is 3. The van der Waals surface area contributed by atoms with E-state index in [9.17, 15) is 51.7 Å². The van der Waals surface area contributed by atoms with Gasteiger partial charge in [0.15, 0.2) is 34.8 Å². The number of rotatable bonds is 17. The number of aromatic nitrogens is 17. The summed E-state index contributed by atoms with van der Waals surface area (Å²) in [5.41, 5.74) is 4.68. The van der Waals surface area contributed by atoms with Gasteiger partial charge in [-0.25, -0.2) is 71.5 Å². The van der Waals surface area contributed by atoms with Crippen molar-refractivity contribution in [3.8, 4) is 56.9 Å². The minimum atomic E-state index is -2.80. The molecule has 6 bridgehead atoms. The number of nitrogens with zero attached hydrogens (tertiary/aromatic N) is 14. The third-order valence-electron chi connectivity index (χ3n) is 22.4. The van der Waals surface area contributed by atoms with Crippen molar-refractivity contribution in [3.63, 3.8) is 0 Å². The molecule has 23 nitrogen and oxygen atoms in total. The zero-order valence-electron chi connectivity index (χ0n) is 56.6. The van der Waals surface area contributed by atoms with Crippen molar-refractivity contribution in [3.05, 3.63) is 126 Å². The van der Waals surface area contributed by atoms with Crippen LogP contribution in [0.3, 0.4) is 0 Å². The Balaban J connectivity index is 0.000000126. The fourth-order valence-corrected chi connectivity index (χ4v) is 18.6. The van der Waals surface area contributed by atoms with Gasteiger partial charge in [0, 0.05) is 70.2 Å². The Morgan fingerprint density at radius 3 is 1.56 bits per heavy atom. The van der Waals surface area contributed by atoms with E-state index in [2.05, 4.69) is 70.2 Å². The molecule has 11 heterocycles. The lowest BCUT2D eigenvalue weighted by Crippen LogP contribution is -2.45. The first-order valence-electron chi connectivity index (χ1n) is 35.0. The lowest BCUT2D eigenvalue weighted by atomic mass is 9.57. The Morgan fingerprint density at radius 2 is 1.06 bits per heavy atom. The number of hydrogen-bond donors (Lipinski definition) is 6. The monoisotopic (exact) mass is 1450 g/mol. The van der Waals surface area contributed by atoms with Crippen LogP contribution in [-0.4, -0.2) is 123 Å². The van der Waals surface area contributed by atoms with E-state index >= 15 is 8.78 Å². The smallest absolute Gasteiger partial charge is 0.333 e. The number of hydrogen-bond acceptors (Lipinski definition) is 16. The molecule has 540 valence electrons. The van der Waals surface area contributed by atoms with Gasteiger partial charge < -0.3 is 25.3 Å². The maximum Gasteiger partial charge on any atom is 0.333 e. The molecule has 6 atom stereocenters. The van der Waals surface area contributed by atoms with Crippen molar-refractivity contribution in [2.45, 2.75) is 127 Å².